The topological polar surface area (TPSA) is 63.7 Å². The van der Waals surface area contributed by atoms with Gasteiger partial charge < -0.3 is 4.74 Å². The Hall–Kier alpha value is -2.47. The second-order valence-electron chi connectivity index (χ2n) is 6.20. The molecular weight excluding hydrogens is 338 g/mol. The van der Waals surface area contributed by atoms with Gasteiger partial charge in [0.25, 0.3) is 11.8 Å². The lowest BCUT2D eigenvalue weighted by atomic mass is 9.96. The summed E-state index contributed by atoms with van der Waals surface area (Å²) < 4.78 is 5.33. The number of carbonyl (C=O) groups is 3. The molecular formula is C19H17NO4S. The Kier molecular flexibility index (Phi) is 4.13. The molecule has 0 unspecified atom stereocenters. The maximum atomic E-state index is 12.3. The van der Waals surface area contributed by atoms with Crippen LogP contribution in [0.3, 0.4) is 0 Å². The van der Waals surface area contributed by atoms with Gasteiger partial charge in [0.1, 0.15) is 6.61 Å². The molecule has 1 aliphatic carbocycles. The molecule has 0 saturated carbocycles. The first-order valence-electron chi connectivity index (χ1n) is 8.38. The molecule has 0 bridgehead atoms. The highest BCUT2D eigenvalue weighted by Gasteiger charge is 2.35. The zero-order valence-corrected chi connectivity index (χ0v) is 14.4. The van der Waals surface area contributed by atoms with Crippen LogP contribution in [0.15, 0.2) is 29.6 Å². The van der Waals surface area contributed by atoms with Gasteiger partial charge in [0.2, 0.25) is 0 Å². The van der Waals surface area contributed by atoms with Gasteiger partial charge in [0, 0.05) is 10.3 Å². The lowest BCUT2D eigenvalue weighted by Crippen LogP contribution is -2.33. The van der Waals surface area contributed by atoms with Crippen molar-refractivity contribution < 1.29 is 19.1 Å². The molecule has 1 aromatic heterocycles. The number of thiophene rings is 1. The van der Waals surface area contributed by atoms with Crippen molar-refractivity contribution in [3.05, 3.63) is 56.8 Å². The van der Waals surface area contributed by atoms with Crippen LogP contribution >= 0.6 is 11.3 Å². The lowest BCUT2D eigenvalue weighted by molar-refractivity contribution is 0.0420. The van der Waals surface area contributed by atoms with Crippen molar-refractivity contribution in [2.24, 2.45) is 0 Å². The molecule has 5 nitrogen and oxygen atoms in total. The fraction of sp³-hybridized carbons (Fsp3) is 0.316. The summed E-state index contributed by atoms with van der Waals surface area (Å²) in [5, 5.41) is 1.86. The Morgan fingerprint density at radius 1 is 1.08 bits per heavy atom. The predicted molar refractivity (Wildman–Crippen MR) is 93.1 cm³/mol. The Morgan fingerprint density at radius 2 is 1.76 bits per heavy atom. The lowest BCUT2D eigenvalue weighted by Gasteiger charge is -2.15. The van der Waals surface area contributed by atoms with Gasteiger partial charge in [-0.1, -0.05) is 12.1 Å². The molecule has 2 heterocycles. The maximum Gasteiger partial charge on any atom is 0.339 e. The summed E-state index contributed by atoms with van der Waals surface area (Å²) in [5.41, 5.74) is 2.57. The van der Waals surface area contributed by atoms with Crippen LogP contribution in [0.1, 0.15) is 54.4 Å². The molecule has 0 radical (unpaired) electrons. The molecule has 0 saturated heterocycles. The number of ether oxygens (including phenoxy) is 1. The number of fused-ring (bicyclic) bond motifs is 2. The van der Waals surface area contributed by atoms with E-state index < -0.39 is 0 Å². The van der Waals surface area contributed by atoms with E-state index in [1.807, 2.05) is 5.38 Å². The highest BCUT2D eigenvalue weighted by atomic mass is 32.1. The molecule has 128 valence electrons. The quantitative estimate of drug-likeness (QED) is 0.624. The second-order valence-corrected chi connectivity index (χ2v) is 7.17. The van der Waals surface area contributed by atoms with Gasteiger partial charge in [-0.05, 0) is 43.4 Å². The smallest absolute Gasteiger partial charge is 0.339 e. The van der Waals surface area contributed by atoms with E-state index in [2.05, 4.69) is 0 Å². The summed E-state index contributed by atoms with van der Waals surface area (Å²) in [4.78, 5) is 39.3. The summed E-state index contributed by atoms with van der Waals surface area (Å²) in [6.45, 7) is 0.0827. The number of amides is 2. The van der Waals surface area contributed by atoms with Crippen LogP contribution in [-0.4, -0.2) is 35.8 Å². The van der Waals surface area contributed by atoms with E-state index >= 15 is 0 Å². The summed E-state index contributed by atoms with van der Waals surface area (Å²) in [5.74, 6) is -1.02. The molecule has 2 aromatic rings. The highest BCUT2D eigenvalue weighted by Crippen LogP contribution is 2.30. The number of aryl methyl sites for hydroxylation is 1. The maximum absolute atomic E-state index is 12.3. The molecule has 0 spiro atoms. The molecule has 25 heavy (non-hydrogen) atoms. The Balaban J connectivity index is 1.39. The third kappa shape index (κ3) is 2.76. The minimum atomic E-state index is -0.365. The van der Waals surface area contributed by atoms with Crippen LogP contribution in [0.25, 0.3) is 0 Å². The van der Waals surface area contributed by atoms with Gasteiger partial charge in [-0.3, -0.25) is 14.5 Å². The van der Waals surface area contributed by atoms with E-state index in [0.717, 1.165) is 29.7 Å². The third-order valence-corrected chi connectivity index (χ3v) is 5.80. The molecule has 2 amide bonds. The SMILES string of the molecule is O=C(OCCN1C(=O)c2ccccc2C1=O)c1csc2c1CCCC2. The van der Waals surface area contributed by atoms with Gasteiger partial charge in [-0.25, -0.2) is 4.79 Å². The van der Waals surface area contributed by atoms with Gasteiger partial charge in [-0.15, -0.1) is 11.3 Å². The van der Waals surface area contributed by atoms with Crippen LogP contribution in [-0.2, 0) is 17.6 Å². The fourth-order valence-electron chi connectivity index (χ4n) is 3.41. The molecule has 0 fully saturated rings. The molecule has 0 atom stereocenters. The number of rotatable bonds is 4. The summed E-state index contributed by atoms with van der Waals surface area (Å²) in [6, 6.07) is 6.74. The normalized spacial score (nSPS) is 15.9. The average molecular weight is 355 g/mol. The van der Waals surface area contributed by atoms with Gasteiger partial charge in [0.05, 0.1) is 23.2 Å². The molecule has 0 N–H and O–H groups in total. The van der Waals surface area contributed by atoms with Crippen LogP contribution in [0.4, 0.5) is 0 Å². The third-order valence-electron chi connectivity index (χ3n) is 4.71. The largest absolute Gasteiger partial charge is 0.460 e. The molecule has 2 aliphatic rings. The van der Waals surface area contributed by atoms with Crippen LogP contribution < -0.4 is 0 Å². The summed E-state index contributed by atoms with van der Waals surface area (Å²) in [6.07, 6.45) is 4.21. The molecule has 6 heteroatoms. The van der Waals surface area contributed by atoms with E-state index in [4.69, 9.17) is 4.74 Å². The number of esters is 1. The van der Waals surface area contributed by atoms with Crippen molar-refractivity contribution in [1.82, 2.24) is 4.90 Å². The van der Waals surface area contributed by atoms with Crippen molar-refractivity contribution >= 4 is 29.1 Å². The van der Waals surface area contributed by atoms with E-state index in [9.17, 15) is 14.4 Å². The highest BCUT2D eigenvalue weighted by molar-refractivity contribution is 7.10. The van der Waals surface area contributed by atoms with Crippen LogP contribution in [0, 0.1) is 0 Å². The Bertz CT molecular complexity index is 835. The number of benzene rings is 1. The Morgan fingerprint density at radius 3 is 2.48 bits per heavy atom. The number of carbonyl (C=O) groups excluding carboxylic acids is 3. The minimum Gasteiger partial charge on any atom is -0.460 e. The first-order valence-corrected chi connectivity index (χ1v) is 9.26. The van der Waals surface area contributed by atoms with Crippen molar-refractivity contribution in [3.8, 4) is 0 Å². The number of hydrogen-bond donors (Lipinski definition) is 0. The Labute approximate surface area is 149 Å². The zero-order valence-electron chi connectivity index (χ0n) is 13.6. The van der Waals surface area contributed by atoms with Gasteiger partial charge >= 0.3 is 5.97 Å². The fourth-order valence-corrected chi connectivity index (χ4v) is 4.53. The first-order chi connectivity index (χ1) is 12.2. The average Bonchev–Trinajstić information content (AvgIpc) is 3.17. The van der Waals surface area contributed by atoms with E-state index in [1.54, 1.807) is 35.6 Å². The predicted octanol–water partition coefficient (Wildman–Crippen LogP) is 3.08. The van der Waals surface area contributed by atoms with E-state index in [-0.39, 0.29) is 30.9 Å². The van der Waals surface area contributed by atoms with E-state index in [1.165, 1.54) is 11.3 Å². The molecule has 1 aromatic carbocycles. The van der Waals surface area contributed by atoms with Crippen molar-refractivity contribution in [3.63, 3.8) is 0 Å². The monoisotopic (exact) mass is 355 g/mol. The van der Waals surface area contributed by atoms with Gasteiger partial charge in [-0.2, -0.15) is 0 Å². The number of nitrogens with zero attached hydrogens (tertiary/aromatic N) is 1. The van der Waals surface area contributed by atoms with Crippen molar-refractivity contribution in [2.45, 2.75) is 25.7 Å². The van der Waals surface area contributed by atoms with E-state index in [0.29, 0.717) is 16.7 Å². The van der Waals surface area contributed by atoms with Crippen LogP contribution in [0.2, 0.25) is 0 Å². The molecule has 1 aliphatic heterocycles. The summed E-state index contributed by atoms with van der Waals surface area (Å²) in [7, 11) is 0. The standard InChI is InChI=1S/C19H17NO4S/c21-17-13-6-1-2-7-14(13)18(22)20(17)9-10-24-19(23)15-11-25-16-8-4-3-5-12(15)16/h1-2,6-7,11H,3-5,8-10H2. The van der Waals surface area contributed by atoms with Crippen LogP contribution in [0.5, 0.6) is 0 Å². The zero-order chi connectivity index (χ0) is 17.4. The van der Waals surface area contributed by atoms with Gasteiger partial charge in [0.15, 0.2) is 0 Å². The number of hydrogen-bond acceptors (Lipinski definition) is 5. The minimum absolute atomic E-state index is 0.00885. The summed E-state index contributed by atoms with van der Waals surface area (Å²) >= 11 is 1.61. The van der Waals surface area contributed by atoms with Crippen molar-refractivity contribution in [1.29, 1.82) is 0 Å². The first kappa shape index (κ1) is 16.0. The second kappa shape index (κ2) is 6.44. The molecule has 4 rings (SSSR count). The van der Waals surface area contributed by atoms with Crippen molar-refractivity contribution in [2.75, 3.05) is 13.2 Å². The number of imide groups is 1.